The topological polar surface area (TPSA) is 45.0 Å². The average Bonchev–Trinajstić information content (AvgIpc) is 2.48. The van der Waals surface area contributed by atoms with Crippen LogP contribution in [-0.2, 0) is 6.42 Å². The van der Waals surface area contributed by atoms with E-state index < -0.39 is 0 Å². The molecule has 1 N–H and O–H groups in total. The molecule has 0 saturated carbocycles. The van der Waals surface area contributed by atoms with Crippen molar-refractivity contribution in [1.29, 1.82) is 5.26 Å². The molecule has 0 aliphatic rings. The van der Waals surface area contributed by atoms with E-state index in [9.17, 15) is 0 Å². The SMILES string of the molecule is CNC(C)Cc1ccc(OCCCCC(C)(C)C#N)cc1. The Balaban J connectivity index is 2.26. The summed E-state index contributed by atoms with van der Waals surface area (Å²) in [5.41, 5.74) is 1.10. The maximum absolute atomic E-state index is 8.95. The van der Waals surface area contributed by atoms with Crippen LogP contribution in [0.25, 0.3) is 0 Å². The predicted molar refractivity (Wildman–Crippen MR) is 87.4 cm³/mol. The minimum Gasteiger partial charge on any atom is -0.494 e. The van der Waals surface area contributed by atoms with Gasteiger partial charge in [-0.25, -0.2) is 0 Å². The second-order valence-corrected chi connectivity index (χ2v) is 6.34. The summed E-state index contributed by atoms with van der Waals surface area (Å²) in [6.07, 6.45) is 3.97. The third kappa shape index (κ3) is 7.15. The van der Waals surface area contributed by atoms with Gasteiger partial charge >= 0.3 is 0 Å². The van der Waals surface area contributed by atoms with Gasteiger partial charge in [-0.2, -0.15) is 5.26 Å². The van der Waals surface area contributed by atoms with Crippen molar-refractivity contribution in [3.8, 4) is 11.8 Å². The highest BCUT2D eigenvalue weighted by Gasteiger charge is 2.15. The number of nitrogens with zero attached hydrogens (tertiary/aromatic N) is 1. The zero-order valence-corrected chi connectivity index (χ0v) is 13.8. The van der Waals surface area contributed by atoms with E-state index in [0.717, 1.165) is 31.4 Å². The molecule has 1 unspecified atom stereocenters. The lowest BCUT2D eigenvalue weighted by atomic mass is 9.89. The lowest BCUT2D eigenvalue weighted by molar-refractivity contribution is 0.295. The van der Waals surface area contributed by atoms with Crippen molar-refractivity contribution >= 4 is 0 Å². The fourth-order valence-electron chi connectivity index (χ4n) is 2.09. The molecule has 0 bridgehead atoms. The molecule has 116 valence electrons. The Labute approximate surface area is 129 Å². The summed E-state index contributed by atoms with van der Waals surface area (Å²) in [6.45, 7) is 6.86. The number of nitriles is 1. The van der Waals surface area contributed by atoms with Gasteiger partial charge in [-0.3, -0.25) is 0 Å². The van der Waals surface area contributed by atoms with E-state index in [1.165, 1.54) is 5.56 Å². The Morgan fingerprint density at radius 2 is 1.90 bits per heavy atom. The van der Waals surface area contributed by atoms with Crippen LogP contribution in [0.15, 0.2) is 24.3 Å². The molecule has 3 nitrogen and oxygen atoms in total. The van der Waals surface area contributed by atoms with Crippen LogP contribution in [0.2, 0.25) is 0 Å². The number of rotatable bonds is 9. The highest BCUT2D eigenvalue weighted by atomic mass is 16.5. The summed E-state index contributed by atoms with van der Waals surface area (Å²) in [5.74, 6) is 0.926. The molecule has 0 heterocycles. The Hall–Kier alpha value is -1.53. The number of ether oxygens (including phenoxy) is 1. The fourth-order valence-corrected chi connectivity index (χ4v) is 2.09. The lowest BCUT2D eigenvalue weighted by Crippen LogP contribution is -2.23. The molecule has 0 radical (unpaired) electrons. The van der Waals surface area contributed by atoms with Gasteiger partial charge < -0.3 is 10.1 Å². The Morgan fingerprint density at radius 3 is 2.48 bits per heavy atom. The van der Waals surface area contributed by atoms with Gasteiger partial charge in [-0.1, -0.05) is 12.1 Å². The molecule has 3 heteroatoms. The number of likely N-dealkylation sites (N-methyl/N-ethyl adjacent to an activating group) is 1. The number of hydrogen-bond acceptors (Lipinski definition) is 3. The number of hydrogen-bond donors (Lipinski definition) is 1. The van der Waals surface area contributed by atoms with Crippen LogP contribution in [-0.4, -0.2) is 19.7 Å². The predicted octanol–water partition coefficient (Wildman–Crippen LogP) is 3.94. The van der Waals surface area contributed by atoms with Crippen molar-refractivity contribution in [1.82, 2.24) is 5.32 Å². The quantitative estimate of drug-likeness (QED) is 0.700. The summed E-state index contributed by atoms with van der Waals surface area (Å²) in [4.78, 5) is 0. The molecule has 0 amide bonds. The van der Waals surface area contributed by atoms with Gasteiger partial charge in [0.15, 0.2) is 0 Å². The Bertz CT molecular complexity index is 445. The Kier molecular flexibility index (Phi) is 7.25. The van der Waals surface area contributed by atoms with Crippen LogP contribution in [0.3, 0.4) is 0 Å². The van der Waals surface area contributed by atoms with E-state index in [-0.39, 0.29) is 5.41 Å². The van der Waals surface area contributed by atoms with Gasteiger partial charge in [0.2, 0.25) is 0 Å². The highest BCUT2D eigenvalue weighted by Crippen LogP contribution is 2.21. The third-order valence-corrected chi connectivity index (χ3v) is 3.73. The van der Waals surface area contributed by atoms with Gasteiger partial charge in [0.05, 0.1) is 18.1 Å². The zero-order valence-electron chi connectivity index (χ0n) is 13.8. The maximum atomic E-state index is 8.95. The van der Waals surface area contributed by atoms with Crippen molar-refractivity contribution in [2.75, 3.05) is 13.7 Å². The van der Waals surface area contributed by atoms with Crippen LogP contribution in [0.5, 0.6) is 5.75 Å². The van der Waals surface area contributed by atoms with Gasteiger partial charge in [0, 0.05) is 6.04 Å². The van der Waals surface area contributed by atoms with E-state index in [4.69, 9.17) is 10.00 Å². The first-order valence-electron chi connectivity index (χ1n) is 7.77. The normalized spacial score (nSPS) is 12.7. The fraction of sp³-hybridized carbons (Fsp3) is 0.611. The van der Waals surface area contributed by atoms with Gasteiger partial charge in [0.1, 0.15) is 5.75 Å². The Morgan fingerprint density at radius 1 is 1.24 bits per heavy atom. The minimum atomic E-state index is -0.217. The van der Waals surface area contributed by atoms with E-state index in [1.54, 1.807) is 0 Å². The standard InChI is InChI=1S/C18H28N2O/c1-15(20-4)13-16-7-9-17(10-8-16)21-12-6-5-11-18(2,3)14-19/h7-10,15,20H,5-6,11-13H2,1-4H3. The molecule has 1 aromatic rings. The molecule has 0 aromatic heterocycles. The molecule has 0 saturated heterocycles. The van der Waals surface area contributed by atoms with Crippen LogP contribution in [0.4, 0.5) is 0 Å². The van der Waals surface area contributed by atoms with Crippen molar-refractivity contribution in [3.05, 3.63) is 29.8 Å². The average molecular weight is 288 g/mol. The number of nitrogens with one attached hydrogen (secondary N) is 1. The van der Waals surface area contributed by atoms with Crippen LogP contribution in [0.1, 0.15) is 45.6 Å². The highest BCUT2D eigenvalue weighted by molar-refractivity contribution is 5.27. The lowest BCUT2D eigenvalue weighted by Gasteiger charge is -2.14. The van der Waals surface area contributed by atoms with Gasteiger partial charge in [-0.15, -0.1) is 0 Å². The number of benzene rings is 1. The first kappa shape index (κ1) is 17.5. The minimum absolute atomic E-state index is 0.217. The second-order valence-electron chi connectivity index (χ2n) is 6.34. The van der Waals surface area contributed by atoms with Crippen molar-refractivity contribution < 1.29 is 4.74 Å². The van der Waals surface area contributed by atoms with E-state index >= 15 is 0 Å². The molecule has 0 aliphatic heterocycles. The van der Waals surface area contributed by atoms with E-state index in [2.05, 4.69) is 30.4 Å². The van der Waals surface area contributed by atoms with E-state index in [0.29, 0.717) is 12.6 Å². The summed E-state index contributed by atoms with van der Waals surface area (Å²) in [7, 11) is 1.98. The monoisotopic (exact) mass is 288 g/mol. The molecule has 1 rings (SSSR count). The molecular formula is C18H28N2O. The third-order valence-electron chi connectivity index (χ3n) is 3.73. The second kappa shape index (κ2) is 8.69. The molecule has 1 aromatic carbocycles. The van der Waals surface area contributed by atoms with Crippen LogP contribution >= 0.6 is 0 Å². The zero-order chi connectivity index (χ0) is 15.7. The molecule has 0 fully saturated rings. The first-order valence-corrected chi connectivity index (χ1v) is 7.77. The molecule has 21 heavy (non-hydrogen) atoms. The van der Waals surface area contributed by atoms with E-state index in [1.807, 2.05) is 33.0 Å². The molecular weight excluding hydrogens is 260 g/mol. The summed E-state index contributed by atoms with van der Waals surface area (Å²) < 4.78 is 5.74. The van der Waals surface area contributed by atoms with Crippen molar-refractivity contribution in [2.24, 2.45) is 5.41 Å². The summed E-state index contributed by atoms with van der Waals surface area (Å²) >= 11 is 0. The number of unbranched alkanes of at least 4 members (excludes halogenated alkanes) is 1. The van der Waals surface area contributed by atoms with Crippen LogP contribution in [0, 0.1) is 16.7 Å². The first-order chi connectivity index (χ1) is 9.96. The van der Waals surface area contributed by atoms with Crippen LogP contribution < -0.4 is 10.1 Å². The summed E-state index contributed by atoms with van der Waals surface area (Å²) in [5, 5.41) is 12.2. The maximum Gasteiger partial charge on any atom is 0.119 e. The smallest absolute Gasteiger partial charge is 0.119 e. The molecule has 1 atom stereocenters. The molecule has 0 aliphatic carbocycles. The molecule has 0 spiro atoms. The van der Waals surface area contributed by atoms with Crippen molar-refractivity contribution in [2.45, 2.75) is 52.5 Å². The summed E-state index contributed by atoms with van der Waals surface area (Å²) in [6, 6.07) is 11.1. The largest absolute Gasteiger partial charge is 0.494 e. The van der Waals surface area contributed by atoms with Gasteiger partial charge in [-0.05, 0) is 71.2 Å². The van der Waals surface area contributed by atoms with Crippen molar-refractivity contribution in [3.63, 3.8) is 0 Å². The van der Waals surface area contributed by atoms with Gasteiger partial charge in [0.25, 0.3) is 0 Å².